The third kappa shape index (κ3) is 3.97. The minimum Gasteiger partial charge on any atom is -0.357 e. The Balaban J connectivity index is 4.31. The van der Waals surface area contributed by atoms with Crippen molar-refractivity contribution < 1.29 is 14.4 Å². The van der Waals surface area contributed by atoms with E-state index in [4.69, 9.17) is 0 Å². The zero-order valence-electron chi connectivity index (χ0n) is 9.46. The van der Waals surface area contributed by atoms with E-state index in [-0.39, 0.29) is 18.2 Å². The van der Waals surface area contributed by atoms with Gasteiger partial charge in [0.25, 0.3) is 0 Å². The van der Waals surface area contributed by atoms with Crippen molar-refractivity contribution in [1.82, 2.24) is 15.5 Å². The smallest absolute Gasteiger partial charge is 0.324 e. The topological polar surface area (TPSA) is 78.5 Å². The maximum absolute atomic E-state index is 11.4. The number of carbonyl (C=O) groups excluding carboxylic acids is 3. The molecule has 0 rings (SSSR count). The number of hydrogen-bond donors (Lipinski definition) is 2. The number of amides is 4. The largest absolute Gasteiger partial charge is 0.357 e. The molecule has 1 atom stereocenters. The number of urea groups is 1. The van der Waals surface area contributed by atoms with Crippen molar-refractivity contribution in [2.45, 2.75) is 26.3 Å². The van der Waals surface area contributed by atoms with Crippen LogP contribution in [0, 0.1) is 0 Å². The van der Waals surface area contributed by atoms with Crippen LogP contribution in [0.1, 0.15) is 20.3 Å². The third-order valence-corrected chi connectivity index (χ3v) is 2.09. The van der Waals surface area contributed by atoms with Gasteiger partial charge in [-0.2, -0.15) is 0 Å². The van der Waals surface area contributed by atoms with Crippen molar-refractivity contribution in [2.75, 3.05) is 14.1 Å². The molecular weight excluding hydrogens is 198 g/mol. The highest BCUT2D eigenvalue weighted by Crippen LogP contribution is 1.96. The summed E-state index contributed by atoms with van der Waals surface area (Å²) in [4.78, 5) is 34.7. The molecule has 0 radical (unpaired) electrons. The van der Waals surface area contributed by atoms with Crippen molar-refractivity contribution in [3.05, 3.63) is 0 Å². The highest BCUT2D eigenvalue weighted by Gasteiger charge is 2.22. The number of nitrogens with zero attached hydrogens (tertiary/aromatic N) is 1. The zero-order chi connectivity index (χ0) is 12.0. The van der Waals surface area contributed by atoms with Crippen LogP contribution in [-0.4, -0.2) is 42.9 Å². The lowest BCUT2D eigenvalue weighted by Gasteiger charge is -2.23. The van der Waals surface area contributed by atoms with E-state index in [2.05, 4.69) is 10.6 Å². The first-order valence-electron chi connectivity index (χ1n) is 4.72. The number of likely N-dealkylation sites (N-methyl/N-ethyl adjacent to an activating group) is 2. The third-order valence-electron chi connectivity index (χ3n) is 2.09. The van der Waals surface area contributed by atoms with E-state index in [1.165, 1.54) is 19.0 Å². The normalized spacial score (nSPS) is 11.5. The summed E-state index contributed by atoms with van der Waals surface area (Å²) in [7, 11) is 2.94. The van der Waals surface area contributed by atoms with Gasteiger partial charge >= 0.3 is 6.03 Å². The van der Waals surface area contributed by atoms with Crippen LogP contribution >= 0.6 is 0 Å². The monoisotopic (exact) mass is 215 g/mol. The lowest BCUT2D eigenvalue weighted by Crippen LogP contribution is -2.49. The first kappa shape index (κ1) is 13.4. The van der Waals surface area contributed by atoms with Gasteiger partial charge in [0.05, 0.1) is 0 Å². The molecule has 6 nitrogen and oxygen atoms in total. The van der Waals surface area contributed by atoms with E-state index in [1.54, 1.807) is 13.8 Å². The molecule has 86 valence electrons. The van der Waals surface area contributed by atoms with Gasteiger partial charge in [0.1, 0.15) is 6.04 Å². The molecule has 2 N–H and O–H groups in total. The molecule has 0 aromatic rings. The molecule has 0 aliphatic heterocycles. The number of imide groups is 1. The molecule has 0 aliphatic carbocycles. The van der Waals surface area contributed by atoms with E-state index in [9.17, 15) is 14.4 Å². The molecule has 6 heteroatoms. The Morgan fingerprint density at radius 3 is 2.27 bits per heavy atom. The Morgan fingerprint density at radius 1 is 1.33 bits per heavy atom. The van der Waals surface area contributed by atoms with Crippen LogP contribution in [0.25, 0.3) is 0 Å². The second-order valence-corrected chi connectivity index (χ2v) is 3.11. The number of carbonyl (C=O) groups is 3. The van der Waals surface area contributed by atoms with E-state index in [1.807, 2.05) is 0 Å². The van der Waals surface area contributed by atoms with Gasteiger partial charge < -0.3 is 10.2 Å². The van der Waals surface area contributed by atoms with Crippen LogP contribution in [0.2, 0.25) is 0 Å². The fourth-order valence-electron chi connectivity index (χ4n) is 0.856. The van der Waals surface area contributed by atoms with Crippen molar-refractivity contribution in [3.63, 3.8) is 0 Å². The van der Waals surface area contributed by atoms with Crippen LogP contribution in [-0.2, 0) is 9.59 Å². The fourth-order valence-corrected chi connectivity index (χ4v) is 0.856. The Labute approximate surface area is 89.0 Å². The van der Waals surface area contributed by atoms with E-state index in [0.717, 1.165) is 0 Å². The maximum atomic E-state index is 11.4. The first-order valence-corrected chi connectivity index (χ1v) is 4.72. The molecular formula is C9H17N3O3. The molecule has 0 bridgehead atoms. The molecule has 4 amide bonds. The average molecular weight is 215 g/mol. The summed E-state index contributed by atoms with van der Waals surface area (Å²) in [6.07, 6.45) is 0.230. The second kappa shape index (κ2) is 6.00. The van der Waals surface area contributed by atoms with Crippen molar-refractivity contribution in [1.29, 1.82) is 0 Å². The van der Waals surface area contributed by atoms with E-state index < -0.39 is 12.1 Å². The molecule has 0 aliphatic rings. The standard InChI is InChI=1S/C9H17N3O3/c1-5-7(13)11-9(15)12(4)6(2)8(14)10-3/h6H,5H2,1-4H3,(H,10,14)(H,11,13,15)/t6-/m1/s1. The number of rotatable bonds is 3. The minimum absolute atomic E-state index is 0.230. The predicted octanol–water partition coefficient (Wildman–Crippen LogP) is -0.301. The summed E-state index contributed by atoms with van der Waals surface area (Å²) in [5, 5.41) is 4.58. The van der Waals surface area contributed by atoms with Gasteiger partial charge in [-0.25, -0.2) is 4.79 Å². The Morgan fingerprint density at radius 2 is 1.87 bits per heavy atom. The van der Waals surface area contributed by atoms with Gasteiger partial charge in [-0.05, 0) is 6.92 Å². The van der Waals surface area contributed by atoms with Crippen LogP contribution in [0.15, 0.2) is 0 Å². The van der Waals surface area contributed by atoms with Crippen molar-refractivity contribution >= 4 is 17.8 Å². The molecule has 0 aromatic heterocycles. The minimum atomic E-state index is -0.611. The average Bonchev–Trinajstić information content (AvgIpc) is 2.25. The fraction of sp³-hybridized carbons (Fsp3) is 0.667. The number of hydrogen-bond acceptors (Lipinski definition) is 3. The molecule has 0 saturated heterocycles. The van der Waals surface area contributed by atoms with Gasteiger partial charge in [0.15, 0.2) is 0 Å². The van der Waals surface area contributed by atoms with Gasteiger partial charge in [0, 0.05) is 20.5 Å². The molecule has 15 heavy (non-hydrogen) atoms. The van der Waals surface area contributed by atoms with Gasteiger partial charge in [-0.1, -0.05) is 6.92 Å². The SMILES string of the molecule is CCC(=O)NC(=O)N(C)[C@H](C)C(=O)NC. The lowest BCUT2D eigenvalue weighted by atomic mass is 10.3. The predicted molar refractivity (Wildman–Crippen MR) is 55.1 cm³/mol. The van der Waals surface area contributed by atoms with Gasteiger partial charge in [0.2, 0.25) is 11.8 Å². The summed E-state index contributed by atoms with van der Waals surface area (Å²) >= 11 is 0. The summed E-state index contributed by atoms with van der Waals surface area (Å²) in [6.45, 7) is 3.22. The maximum Gasteiger partial charge on any atom is 0.324 e. The molecule has 0 aromatic carbocycles. The second-order valence-electron chi connectivity index (χ2n) is 3.11. The van der Waals surface area contributed by atoms with E-state index >= 15 is 0 Å². The highest BCUT2D eigenvalue weighted by atomic mass is 16.2. The summed E-state index contributed by atoms with van der Waals surface area (Å²) in [6, 6.07) is -1.18. The van der Waals surface area contributed by atoms with Crippen LogP contribution in [0.3, 0.4) is 0 Å². The van der Waals surface area contributed by atoms with Crippen molar-refractivity contribution in [2.24, 2.45) is 0 Å². The van der Waals surface area contributed by atoms with Crippen LogP contribution in [0.4, 0.5) is 4.79 Å². The molecule has 0 unspecified atom stereocenters. The summed E-state index contributed by atoms with van der Waals surface area (Å²) in [5.74, 6) is -0.646. The quantitative estimate of drug-likeness (QED) is 0.678. The summed E-state index contributed by atoms with van der Waals surface area (Å²) < 4.78 is 0. The van der Waals surface area contributed by atoms with Crippen molar-refractivity contribution in [3.8, 4) is 0 Å². The highest BCUT2D eigenvalue weighted by molar-refractivity contribution is 5.96. The lowest BCUT2D eigenvalue weighted by molar-refractivity contribution is -0.125. The van der Waals surface area contributed by atoms with Gasteiger partial charge in [-0.3, -0.25) is 14.9 Å². The Kier molecular flexibility index (Phi) is 5.36. The van der Waals surface area contributed by atoms with Gasteiger partial charge in [-0.15, -0.1) is 0 Å². The van der Waals surface area contributed by atoms with Crippen LogP contribution in [0.5, 0.6) is 0 Å². The molecule has 0 heterocycles. The zero-order valence-corrected chi connectivity index (χ0v) is 9.46. The molecule has 0 spiro atoms. The van der Waals surface area contributed by atoms with Crippen LogP contribution < -0.4 is 10.6 Å². The number of nitrogens with one attached hydrogen (secondary N) is 2. The first-order chi connectivity index (χ1) is 6.93. The Hall–Kier alpha value is -1.59. The molecule has 0 fully saturated rings. The summed E-state index contributed by atoms with van der Waals surface area (Å²) in [5.41, 5.74) is 0. The molecule has 0 saturated carbocycles. The Bertz CT molecular complexity index is 265. The van der Waals surface area contributed by atoms with E-state index in [0.29, 0.717) is 0 Å².